The number of nitrogens with zero attached hydrogens (tertiary/aromatic N) is 2. The van der Waals surface area contributed by atoms with Crippen LogP contribution in [0.25, 0.3) is 0 Å². The van der Waals surface area contributed by atoms with E-state index in [1.54, 1.807) is 6.92 Å². The van der Waals surface area contributed by atoms with E-state index in [2.05, 4.69) is 16.7 Å². The average Bonchev–Trinajstić information content (AvgIpc) is 2.60. The summed E-state index contributed by atoms with van der Waals surface area (Å²) < 4.78 is 5.47. The molecular formula is C20H28N2O4. The van der Waals surface area contributed by atoms with E-state index in [0.717, 1.165) is 44.3 Å². The maximum atomic E-state index is 12.2. The predicted molar refractivity (Wildman–Crippen MR) is 98.0 cm³/mol. The highest BCUT2D eigenvalue weighted by Crippen LogP contribution is 2.40. The number of carboxylic acids is 1. The number of amides is 1. The largest absolute Gasteiger partial charge is 0.482 e. The summed E-state index contributed by atoms with van der Waals surface area (Å²) >= 11 is 0. The van der Waals surface area contributed by atoms with Crippen molar-refractivity contribution in [2.24, 2.45) is 0 Å². The Kier molecular flexibility index (Phi) is 5.51. The van der Waals surface area contributed by atoms with Gasteiger partial charge in [-0.1, -0.05) is 18.2 Å². The predicted octanol–water partition coefficient (Wildman–Crippen LogP) is 2.52. The van der Waals surface area contributed by atoms with Crippen LogP contribution < -0.4 is 4.74 Å². The van der Waals surface area contributed by atoms with E-state index in [1.807, 2.05) is 24.3 Å². The van der Waals surface area contributed by atoms with E-state index in [-0.39, 0.29) is 18.1 Å². The van der Waals surface area contributed by atoms with Crippen molar-refractivity contribution in [2.45, 2.75) is 57.7 Å². The van der Waals surface area contributed by atoms with Crippen molar-refractivity contribution in [1.82, 2.24) is 9.80 Å². The molecule has 1 aromatic rings. The van der Waals surface area contributed by atoms with Gasteiger partial charge in [0, 0.05) is 31.6 Å². The van der Waals surface area contributed by atoms with Gasteiger partial charge in [-0.05, 0) is 45.2 Å². The van der Waals surface area contributed by atoms with E-state index >= 15 is 0 Å². The molecule has 0 radical (unpaired) electrons. The fraction of sp³-hybridized carbons (Fsp3) is 0.600. The lowest BCUT2D eigenvalue weighted by Crippen LogP contribution is -2.66. The standard InChI is InChI=1S/C20H28N2O4/c1-15(23)22-12-5-9-18-20(22,2)10-6-11-21(18)13-16-7-3-4-8-17(16)26-14-19(24)25/h3-4,7-8,18H,5-6,9-14H2,1-2H3,(H,24,25)/t18-,20-/m0/s1. The fourth-order valence-electron chi connectivity index (χ4n) is 4.70. The Morgan fingerprint density at radius 3 is 2.77 bits per heavy atom. The molecule has 0 unspecified atom stereocenters. The fourth-order valence-corrected chi connectivity index (χ4v) is 4.70. The summed E-state index contributed by atoms with van der Waals surface area (Å²) in [6.45, 7) is 6.09. The number of carbonyl (C=O) groups excluding carboxylic acids is 1. The van der Waals surface area contributed by atoms with Crippen LogP contribution in [-0.4, -0.2) is 58.1 Å². The summed E-state index contributed by atoms with van der Waals surface area (Å²) in [5, 5.41) is 8.88. The van der Waals surface area contributed by atoms with Gasteiger partial charge in [-0.3, -0.25) is 9.69 Å². The summed E-state index contributed by atoms with van der Waals surface area (Å²) in [6.07, 6.45) is 4.19. The van der Waals surface area contributed by atoms with Gasteiger partial charge in [0.25, 0.3) is 0 Å². The van der Waals surface area contributed by atoms with Gasteiger partial charge < -0.3 is 14.7 Å². The Hall–Kier alpha value is -2.08. The molecule has 0 aromatic heterocycles. The molecule has 3 rings (SSSR count). The first-order valence-corrected chi connectivity index (χ1v) is 9.36. The number of rotatable bonds is 5. The topological polar surface area (TPSA) is 70.1 Å². The van der Waals surface area contributed by atoms with Crippen molar-refractivity contribution in [1.29, 1.82) is 0 Å². The first-order valence-electron chi connectivity index (χ1n) is 9.36. The van der Waals surface area contributed by atoms with E-state index < -0.39 is 5.97 Å². The maximum absolute atomic E-state index is 12.2. The lowest BCUT2D eigenvalue weighted by molar-refractivity contribution is -0.145. The van der Waals surface area contributed by atoms with Crippen LogP contribution in [0.2, 0.25) is 0 Å². The summed E-state index contributed by atoms with van der Waals surface area (Å²) in [7, 11) is 0. The van der Waals surface area contributed by atoms with Gasteiger partial charge in [0.2, 0.25) is 5.91 Å². The minimum atomic E-state index is -0.977. The Morgan fingerprint density at radius 1 is 1.27 bits per heavy atom. The number of hydrogen-bond donors (Lipinski definition) is 1. The van der Waals surface area contributed by atoms with Crippen LogP contribution in [0.5, 0.6) is 5.75 Å². The van der Waals surface area contributed by atoms with Crippen LogP contribution in [-0.2, 0) is 16.1 Å². The van der Waals surface area contributed by atoms with Crippen molar-refractivity contribution >= 4 is 11.9 Å². The van der Waals surface area contributed by atoms with E-state index in [4.69, 9.17) is 9.84 Å². The van der Waals surface area contributed by atoms with E-state index in [9.17, 15) is 9.59 Å². The number of para-hydroxylation sites is 1. The van der Waals surface area contributed by atoms with Crippen molar-refractivity contribution < 1.29 is 19.4 Å². The lowest BCUT2D eigenvalue weighted by Gasteiger charge is -2.56. The van der Waals surface area contributed by atoms with Crippen LogP contribution in [0.1, 0.15) is 45.1 Å². The van der Waals surface area contributed by atoms with Gasteiger partial charge in [-0.25, -0.2) is 4.79 Å². The first-order chi connectivity index (χ1) is 12.4. The van der Waals surface area contributed by atoms with Crippen molar-refractivity contribution in [3.05, 3.63) is 29.8 Å². The van der Waals surface area contributed by atoms with Crippen LogP contribution in [0, 0.1) is 0 Å². The average molecular weight is 360 g/mol. The molecule has 6 nitrogen and oxygen atoms in total. The monoisotopic (exact) mass is 360 g/mol. The molecule has 0 aliphatic carbocycles. The van der Waals surface area contributed by atoms with Crippen LogP contribution >= 0.6 is 0 Å². The smallest absolute Gasteiger partial charge is 0.341 e. The van der Waals surface area contributed by atoms with Crippen LogP contribution in [0.15, 0.2) is 24.3 Å². The molecule has 26 heavy (non-hydrogen) atoms. The summed E-state index contributed by atoms with van der Waals surface area (Å²) in [5.41, 5.74) is 0.872. The number of likely N-dealkylation sites (tertiary alicyclic amines) is 2. The molecule has 142 valence electrons. The quantitative estimate of drug-likeness (QED) is 0.874. The highest BCUT2D eigenvalue weighted by molar-refractivity contribution is 5.74. The molecule has 2 aliphatic heterocycles. The molecule has 2 saturated heterocycles. The second kappa shape index (κ2) is 7.66. The number of hydrogen-bond acceptors (Lipinski definition) is 4. The molecule has 0 saturated carbocycles. The molecule has 1 aromatic carbocycles. The second-order valence-corrected chi connectivity index (χ2v) is 7.55. The summed E-state index contributed by atoms with van der Waals surface area (Å²) in [4.78, 5) is 27.5. The third kappa shape index (κ3) is 3.70. The van der Waals surface area contributed by atoms with Crippen LogP contribution in [0.3, 0.4) is 0 Å². The Bertz CT molecular complexity index is 678. The third-order valence-electron chi connectivity index (χ3n) is 5.84. The number of ether oxygens (including phenoxy) is 1. The zero-order valence-corrected chi connectivity index (χ0v) is 15.6. The molecule has 1 amide bonds. The van der Waals surface area contributed by atoms with E-state index in [1.165, 1.54) is 0 Å². The zero-order chi connectivity index (χ0) is 18.7. The second-order valence-electron chi connectivity index (χ2n) is 7.55. The third-order valence-corrected chi connectivity index (χ3v) is 5.84. The van der Waals surface area contributed by atoms with E-state index in [0.29, 0.717) is 18.3 Å². The molecule has 0 spiro atoms. The number of piperidine rings is 2. The highest BCUT2D eigenvalue weighted by atomic mass is 16.5. The Morgan fingerprint density at radius 2 is 2.04 bits per heavy atom. The van der Waals surface area contributed by atoms with Crippen LogP contribution in [0.4, 0.5) is 0 Å². The first kappa shape index (κ1) is 18.7. The summed E-state index contributed by atoms with van der Waals surface area (Å²) in [6, 6.07) is 7.95. The molecule has 6 heteroatoms. The lowest BCUT2D eigenvalue weighted by atomic mass is 9.76. The molecule has 2 atom stereocenters. The molecular weight excluding hydrogens is 332 g/mol. The minimum absolute atomic E-state index is 0.126. The molecule has 0 bridgehead atoms. The number of aliphatic carboxylic acids is 1. The summed E-state index contributed by atoms with van der Waals surface area (Å²) in [5.74, 6) is -0.194. The SMILES string of the molecule is CC(=O)N1CCC[C@@H]2N(Cc3ccccc3OCC(=O)O)CCC[C@@]21C. The highest BCUT2D eigenvalue weighted by Gasteiger charge is 2.48. The normalized spacial score (nSPS) is 26.2. The number of benzene rings is 1. The Balaban J connectivity index is 1.80. The number of fused-ring (bicyclic) bond motifs is 1. The zero-order valence-electron chi connectivity index (χ0n) is 15.6. The molecule has 2 heterocycles. The van der Waals surface area contributed by atoms with Gasteiger partial charge in [0.1, 0.15) is 5.75 Å². The van der Waals surface area contributed by atoms with Gasteiger partial charge in [0.15, 0.2) is 6.61 Å². The van der Waals surface area contributed by atoms with Gasteiger partial charge in [-0.15, -0.1) is 0 Å². The van der Waals surface area contributed by atoms with Gasteiger partial charge in [-0.2, -0.15) is 0 Å². The minimum Gasteiger partial charge on any atom is -0.482 e. The molecule has 2 fully saturated rings. The van der Waals surface area contributed by atoms with Crippen molar-refractivity contribution in [3.63, 3.8) is 0 Å². The number of carbonyl (C=O) groups is 2. The van der Waals surface area contributed by atoms with Gasteiger partial charge >= 0.3 is 5.97 Å². The number of carboxylic acid groups (broad SMARTS) is 1. The Labute approximate surface area is 154 Å². The van der Waals surface area contributed by atoms with Gasteiger partial charge in [0.05, 0.1) is 5.54 Å². The maximum Gasteiger partial charge on any atom is 0.341 e. The van der Waals surface area contributed by atoms with Crippen molar-refractivity contribution in [3.8, 4) is 5.75 Å². The molecule has 2 aliphatic rings. The molecule has 1 N–H and O–H groups in total. The van der Waals surface area contributed by atoms with Crippen molar-refractivity contribution in [2.75, 3.05) is 19.7 Å².